The van der Waals surface area contributed by atoms with Gasteiger partial charge in [0.15, 0.2) is 5.82 Å². The predicted molar refractivity (Wildman–Crippen MR) is 98.9 cm³/mol. The molecule has 0 amide bonds. The van der Waals surface area contributed by atoms with Crippen molar-refractivity contribution in [1.29, 1.82) is 0 Å². The van der Waals surface area contributed by atoms with Gasteiger partial charge in [-0.3, -0.25) is 0 Å². The lowest BCUT2D eigenvalue weighted by molar-refractivity contribution is 0.373. The first-order chi connectivity index (χ1) is 12.8. The maximum absolute atomic E-state index is 5.40. The molecule has 1 aliphatic rings. The van der Waals surface area contributed by atoms with Gasteiger partial charge in [-0.25, -0.2) is 9.97 Å². The summed E-state index contributed by atoms with van der Waals surface area (Å²) in [4.78, 5) is 14.7. The zero-order valence-electron chi connectivity index (χ0n) is 14.3. The van der Waals surface area contributed by atoms with E-state index in [1.54, 1.807) is 11.3 Å². The second-order valence-electron chi connectivity index (χ2n) is 6.50. The molecule has 0 aliphatic heterocycles. The molecule has 130 valence electrons. The van der Waals surface area contributed by atoms with Crippen LogP contribution in [0.5, 0.6) is 0 Å². The molecular weight excluding hydrogens is 346 g/mol. The molecule has 1 fully saturated rings. The van der Waals surface area contributed by atoms with Gasteiger partial charge >= 0.3 is 0 Å². The number of imidazole rings is 1. The molecule has 0 unspecified atom stereocenters. The highest BCUT2D eigenvalue weighted by Crippen LogP contribution is 2.39. The third-order valence-corrected chi connectivity index (χ3v) is 5.38. The third-order valence-electron chi connectivity index (χ3n) is 4.46. The van der Waals surface area contributed by atoms with Gasteiger partial charge in [-0.15, -0.1) is 11.3 Å². The Hall–Kier alpha value is -2.80. The highest BCUT2D eigenvalue weighted by molar-refractivity contribution is 7.15. The fourth-order valence-electron chi connectivity index (χ4n) is 3.02. The summed E-state index contributed by atoms with van der Waals surface area (Å²) in [5, 5.41) is 5.18. The Labute approximate surface area is 154 Å². The van der Waals surface area contributed by atoms with Gasteiger partial charge in [-0.2, -0.15) is 4.98 Å². The maximum Gasteiger partial charge on any atom is 0.229 e. The van der Waals surface area contributed by atoms with Crippen LogP contribution in [0.2, 0.25) is 0 Å². The topological polar surface area (TPSA) is 69.6 Å². The van der Waals surface area contributed by atoms with Crippen LogP contribution in [0, 0.1) is 6.92 Å². The number of benzene rings is 1. The average Bonchev–Trinajstić information content (AvgIpc) is 3.05. The van der Waals surface area contributed by atoms with Gasteiger partial charge in [0.05, 0.1) is 34.1 Å². The Bertz CT molecular complexity index is 1050. The van der Waals surface area contributed by atoms with Crippen molar-refractivity contribution >= 4 is 11.3 Å². The molecule has 1 saturated carbocycles. The number of thiazole rings is 1. The van der Waals surface area contributed by atoms with E-state index in [9.17, 15) is 0 Å². The molecule has 26 heavy (non-hydrogen) atoms. The summed E-state index contributed by atoms with van der Waals surface area (Å²) in [5.74, 6) is 1.91. The summed E-state index contributed by atoms with van der Waals surface area (Å²) >= 11 is 1.66. The molecule has 3 heterocycles. The largest absolute Gasteiger partial charge is 0.339 e. The molecule has 1 aromatic carbocycles. The van der Waals surface area contributed by atoms with Crippen molar-refractivity contribution in [2.45, 2.75) is 32.2 Å². The van der Waals surface area contributed by atoms with Crippen molar-refractivity contribution in [3.05, 3.63) is 59.6 Å². The van der Waals surface area contributed by atoms with Crippen LogP contribution in [0.25, 0.3) is 21.8 Å². The molecule has 0 bridgehead atoms. The molecule has 0 spiro atoms. The summed E-state index contributed by atoms with van der Waals surface area (Å²) in [6, 6.07) is 10.2. The van der Waals surface area contributed by atoms with E-state index in [4.69, 9.17) is 4.52 Å². The molecule has 6 nitrogen and oxygen atoms in total. The maximum atomic E-state index is 5.40. The first kappa shape index (κ1) is 15.5. The second-order valence-corrected chi connectivity index (χ2v) is 7.74. The average molecular weight is 363 g/mol. The number of hydrogen-bond donors (Lipinski definition) is 0. The van der Waals surface area contributed by atoms with E-state index >= 15 is 0 Å². The first-order valence-electron chi connectivity index (χ1n) is 8.64. The van der Waals surface area contributed by atoms with Crippen molar-refractivity contribution in [2.24, 2.45) is 0 Å². The zero-order chi connectivity index (χ0) is 17.5. The Morgan fingerprint density at radius 1 is 1.19 bits per heavy atom. The van der Waals surface area contributed by atoms with E-state index < -0.39 is 0 Å². The monoisotopic (exact) mass is 363 g/mol. The molecule has 0 atom stereocenters. The third kappa shape index (κ3) is 2.84. The molecule has 1 aliphatic carbocycles. The smallest absolute Gasteiger partial charge is 0.229 e. The minimum Gasteiger partial charge on any atom is -0.339 e. The highest BCUT2D eigenvalue weighted by Gasteiger charge is 2.29. The molecule has 0 N–H and O–H groups in total. The molecule has 0 radical (unpaired) electrons. The molecule has 0 saturated heterocycles. The van der Waals surface area contributed by atoms with Crippen LogP contribution in [0.4, 0.5) is 0 Å². The van der Waals surface area contributed by atoms with E-state index in [1.807, 2.05) is 37.6 Å². The lowest BCUT2D eigenvalue weighted by Gasteiger charge is -2.06. The fourth-order valence-corrected chi connectivity index (χ4v) is 3.86. The second kappa shape index (κ2) is 6.17. The minimum absolute atomic E-state index is 0.461. The summed E-state index contributed by atoms with van der Waals surface area (Å²) in [6.45, 7) is 2.54. The molecule has 4 aromatic rings. The van der Waals surface area contributed by atoms with Crippen molar-refractivity contribution < 1.29 is 4.52 Å². The van der Waals surface area contributed by atoms with E-state index in [-0.39, 0.29) is 0 Å². The summed E-state index contributed by atoms with van der Waals surface area (Å²) in [6.07, 6.45) is 6.05. The summed E-state index contributed by atoms with van der Waals surface area (Å²) in [7, 11) is 0. The zero-order valence-corrected chi connectivity index (χ0v) is 15.1. The van der Waals surface area contributed by atoms with Gasteiger partial charge in [0.1, 0.15) is 0 Å². The van der Waals surface area contributed by atoms with Crippen molar-refractivity contribution in [1.82, 2.24) is 24.7 Å². The fraction of sp³-hybridized carbons (Fsp3) is 0.263. The van der Waals surface area contributed by atoms with Crippen LogP contribution in [0.15, 0.2) is 47.4 Å². The predicted octanol–water partition coefficient (Wildman–Crippen LogP) is 4.29. The number of hydrogen-bond acceptors (Lipinski definition) is 6. The van der Waals surface area contributed by atoms with Crippen LogP contribution < -0.4 is 0 Å². The van der Waals surface area contributed by atoms with E-state index in [1.165, 1.54) is 0 Å². The van der Waals surface area contributed by atoms with Crippen molar-refractivity contribution in [3.63, 3.8) is 0 Å². The standard InChI is InChI=1S/C19H17N5OS/c1-12-20-9-15(26-12)18-17(13-5-3-2-4-6-13)21-11-24(18)10-16-22-19(25-23-16)14-7-8-14/h2-6,9,11,14H,7-8,10H2,1H3. The van der Waals surface area contributed by atoms with Gasteiger partial charge in [0.2, 0.25) is 5.89 Å². The number of rotatable bonds is 5. The van der Waals surface area contributed by atoms with Gasteiger partial charge < -0.3 is 9.09 Å². The van der Waals surface area contributed by atoms with Crippen LogP contribution in [0.3, 0.4) is 0 Å². The first-order valence-corrected chi connectivity index (χ1v) is 9.45. The van der Waals surface area contributed by atoms with Crippen LogP contribution in [0.1, 0.15) is 35.5 Å². The highest BCUT2D eigenvalue weighted by atomic mass is 32.1. The Morgan fingerprint density at radius 2 is 2.04 bits per heavy atom. The van der Waals surface area contributed by atoms with E-state index in [2.05, 4.69) is 36.8 Å². The number of nitrogens with zero attached hydrogens (tertiary/aromatic N) is 5. The Morgan fingerprint density at radius 3 is 2.77 bits per heavy atom. The lowest BCUT2D eigenvalue weighted by Crippen LogP contribution is -2.02. The quantitative estimate of drug-likeness (QED) is 0.529. The SMILES string of the molecule is Cc1ncc(-c2c(-c3ccccc3)ncn2Cc2noc(C3CC3)n2)s1. The molecule has 3 aromatic heterocycles. The summed E-state index contributed by atoms with van der Waals surface area (Å²) < 4.78 is 7.48. The summed E-state index contributed by atoms with van der Waals surface area (Å²) in [5.41, 5.74) is 3.07. The Kier molecular flexibility index (Phi) is 3.67. The lowest BCUT2D eigenvalue weighted by atomic mass is 10.1. The minimum atomic E-state index is 0.461. The van der Waals surface area contributed by atoms with Crippen LogP contribution >= 0.6 is 11.3 Å². The van der Waals surface area contributed by atoms with Crippen molar-refractivity contribution in [2.75, 3.05) is 0 Å². The van der Waals surface area contributed by atoms with Gasteiger partial charge in [-0.05, 0) is 19.8 Å². The number of aryl methyl sites for hydroxylation is 1. The molecule has 5 rings (SSSR count). The van der Waals surface area contributed by atoms with Gasteiger partial charge in [-0.1, -0.05) is 35.5 Å². The van der Waals surface area contributed by atoms with Gasteiger partial charge in [0.25, 0.3) is 0 Å². The Balaban J connectivity index is 1.57. The number of aromatic nitrogens is 5. The molecule has 7 heteroatoms. The van der Waals surface area contributed by atoms with E-state index in [0.717, 1.165) is 45.6 Å². The van der Waals surface area contributed by atoms with Crippen LogP contribution in [-0.2, 0) is 6.54 Å². The van der Waals surface area contributed by atoms with E-state index in [0.29, 0.717) is 18.3 Å². The molecular formula is C19H17N5OS. The normalized spacial score (nSPS) is 14.0. The van der Waals surface area contributed by atoms with Crippen molar-refractivity contribution in [3.8, 4) is 21.8 Å². The van der Waals surface area contributed by atoms with Gasteiger partial charge in [0, 0.05) is 17.7 Å². The van der Waals surface area contributed by atoms with Crippen LogP contribution in [-0.4, -0.2) is 24.7 Å².